The van der Waals surface area contributed by atoms with Crippen LogP contribution in [0.4, 0.5) is 10.5 Å². The average Bonchev–Trinajstić information content (AvgIpc) is 2.28. The molecule has 2 amide bonds. The first kappa shape index (κ1) is 14.4. The molecular formula is C10H14N2O5S. The van der Waals surface area contributed by atoms with Crippen LogP contribution < -0.4 is 10.6 Å². The summed E-state index contributed by atoms with van der Waals surface area (Å²) in [5, 5.41) is 4.94. The van der Waals surface area contributed by atoms with Crippen LogP contribution in [-0.2, 0) is 14.9 Å². The van der Waals surface area contributed by atoms with Crippen molar-refractivity contribution in [1.82, 2.24) is 5.32 Å². The minimum absolute atomic E-state index is 0.264. The van der Waals surface area contributed by atoms with Gasteiger partial charge in [0.25, 0.3) is 10.1 Å². The Bertz CT molecular complexity index is 515. The second-order valence-corrected chi connectivity index (χ2v) is 4.80. The number of methoxy groups -OCH3 is 1. The van der Waals surface area contributed by atoms with Gasteiger partial charge in [-0.1, -0.05) is 6.07 Å². The van der Waals surface area contributed by atoms with Gasteiger partial charge in [0.1, 0.15) is 0 Å². The third-order valence-electron chi connectivity index (χ3n) is 1.98. The summed E-state index contributed by atoms with van der Waals surface area (Å²) in [6.07, 6.45) is 0. The summed E-state index contributed by atoms with van der Waals surface area (Å²) in [5.41, 5.74) is 0.264. The minimum Gasteiger partial charge on any atom is -0.383 e. The molecule has 0 saturated carbocycles. The van der Waals surface area contributed by atoms with Crippen LogP contribution in [0.2, 0.25) is 0 Å². The first-order chi connectivity index (χ1) is 8.43. The molecule has 1 rings (SSSR count). The Labute approximate surface area is 105 Å². The standard InChI is InChI=1S/C10H14N2O5S/c1-17-6-5-11-10(13)12-8-3-2-4-9(7-8)18(14,15)16/h2-4,7H,5-6H2,1H3,(H2,11,12,13)(H,14,15,16). The normalized spacial score (nSPS) is 11.0. The van der Waals surface area contributed by atoms with Gasteiger partial charge < -0.3 is 15.4 Å². The predicted molar refractivity (Wildman–Crippen MR) is 65.2 cm³/mol. The van der Waals surface area contributed by atoms with Gasteiger partial charge in [0, 0.05) is 19.3 Å². The Morgan fingerprint density at radius 3 is 2.78 bits per heavy atom. The zero-order chi connectivity index (χ0) is 13.6. The third-order valence-corrected chi connectivity index (χ3v) is 2.83. The van der Waals surface area contributed by atoms with E-state index in [2.05, 4.69) is 10.6 Å². The van der Waals surface area contributed by atoms with Crippen molar-refractivity contribution in [3.63, 3.8) is 0 Å². The van der Waals surface area contributed by atoms with Gasteiger partial charge in [0.2, 0.25) is 0 Å². The molecule has 8 heteroatoms. The summed E-state index contributed by atoms with van der Waals surface area (Å²) in [4.78, 5) is 11.1. The molecule has 18 heavy (non-hydrogen) atoms. The van der Waals surface area contributed by atoms with Crippen LogP contribution in [0.3, 0.4) is 0 Å². The van der Waals surface area contributed by atoms with Crippen molar-refractivity contribution >= 4 is 21.8 Å². The van der Waals surface area contributed by atoms with E-state index in [-0.39, 0.29) is 10.6 Å². The molecule has 7 nitrogen and oxygen atoms in total. The van der Waals surface area contributed by atoms with E-state index >= 15 is 0 Å². The fourth-order valence-corrected chi connectivity index (χ4v) is 1.70. The highest BCUT2D eigenvalue weighted by Crippen LogP contribution is 2.14. The molecule has 0 aliphatic carbocycles. The molecule has 0 aliphatic heterocycles. The molecule has 0 spiro atoms. The number of anilines is 1. The Hall–Kier alpha value is -1.64. The number of rotatable bonds is 5. The molecule has 0 bridgehead atoms. The lowest BCUT2D eigenvalue weighted by Crippen LogP contribution is -2.31. The number of urea groups is 1. The number of amides is 2. The zero-order valence-electron chi connectivity index (χ0n) is 9.71. The molecule has 1 aromatic rings. The van der Waals surface area contributed by atoms with Gasteiger partial charge in [-0.15, -0.1) is 0 Å². The summed E-state index contributed by atoms with van der Waals surface area (Å²) < 4.78 is 35.4. The van der Waals surface area contributed by atoms with E-state index in [1.54, 1.807) is 0 Å². The van der Waals surface area contributed by atoms with Crippen LogP contribution in [0.25, 0.3) is 0 Å². The molecule has 0 unspecified atom stereocenters. The number of carbonyl (C=O) groups excluding carboxylic acids is 1. The second-order valence-electron chi connectivity index (χ2n) is 3.38. The maximum atomic E-state index is 11.4. The first-order valence-electron chi connectivity index (χ1n) is 5.05. The summed E-state index contributed by atoms with van der Waals surface area (Å²) in [7, 11) is -2.76. The number of hydrogen-bond donors (Lipinski definition) is 3. The lowest BCUT2D eigenvalue weighted by molar-refractivity contribution is 0.198. The van der Waals surface area contributed by atoms with Crippen molar-refractivity contribution in [2.75, 3.05) is 25.6 Å². The summed E-state index contributed by atoms with van der Waals surface area (Å²) in [6.45, 7) is 0.707. The molecule has 0 radical (unpaired) electrons. The lowest BCUT2D eigenvalue weighted by atomic mass is 10.3. The second kappa shape index (κ2) is 6.34. The van der Waals surface area contributed by atoms with Crippen LogP contribution >= 0.6 is 0 Å². The molecule has 0 aliphatic rings. The summed E-state index contributed by atoms with van der Waals surface area (Å²) >= 11 is 0. The highest BCUT2D eigenvalue weighted by molar-refractivity contribution is 7.85. The van der Waals surface area contributed by atoms with Crippen molar-refractivity contribution in [3.05, 3.63) is 24.3 Å². The van der Waals surface area contributed by atoms with Gasteiger partial charge in [-0.05, 0) is 18.2 Å². The van der Waals surface area contributed by atoms with Crippen molar-refractivity contribution in [2.45, 2.75) is 4.90 Å². The van der Waals surface area contributed by atoms with Gasteiger partial charge in [-0.25, -0.2) is 4.79 Å². The van der Waals surface area contributed by atoms with Gasteiger partial charge in [0.15, 0.2) is 0 Å². The molecule has 3 N–H and O–H groups in total. The number of carbonyl (C=O) groups is 1. The SMILES string of the molecule is COCCNC(=O)Nc1cccc(S(=O)(=O)O)c1. The highest BCUT2D eigenvalue weighted by Gasteiger charge is 2.10. The van der Waals surface area contributed by atoms with E-state index in [0.717, 1.165) is 6.07 Å². The van der Waals surface area contributed by atoms with Gasteiger partial charge in [-0.2, -0.15) is 8.42 Å². The average molecular weight is 274 g/mol. The van der Waals surface area contributed by atoms with Gasteiger partial charge in [0.05, 0.1) is 11.5 Å². The van der Waals surface area contributed by atoms with Crippen LogP contribution in [0.1, 0.15) is 0 Å². The monoisotopic (exact) mass is 274 g/mol. The van der Waals surface area contributed by atoms with E-state index in [0.29, 0.717) is 13.2 Å². The van der Waals surface area contributed by atoms with Crippen LogP contribution in [0.5, 0.6) is 0 Å². The summed E-state index contributed by atoms with van der Waals surface area (Å²) in [6, 6.07) is 4.81. The minimum atomic E-state index is -4.27. The molecule has 100 valence electrons. The third kappa shape index (κ3) is 4.70. The van der Waals surface area contributed by atoms with Gasteiger partial charge in [-0.3, -0.25) is 4.55 Å². The zero-order valence-corrected chi connectivity index (χ0v) is 10.5. The Balaban J connectivity index is 2.65. The highest BCUT2D eigenvalue weighted by atomic mass is 32.2. The fourth-order valence-electron chi connectivity index (χ4n) is 1.18. The number of ether oxygens (including phenoxy) is 1. The van der Waals surface area contributed by atoms with Crippen molar-refractivity contribution < 1.29 is 22.5 Å². The smallest absolute Gasteiger partial charge is 0.319 e. The van der Waals surface area contributed by atoms with Crippen molar-refractivity contribution in [2.24, 2.45) is 0 Å². The lowest BCUT2D eigenvalue weighted by Gasteiger charge is -2.07. The topological polar surface area (TPSA) is 105 Å². The van der Waals surface area contributed by atoms with Crippen LogP contribution in [0.15, 0.2) is 29.2 Å². The molecule has 0 heterocycles. The molecule has 0 atom stereocenters. The quantitative estimate of drug-likeness (QED) is 0.541. The van der Waals surface area contributed by atoms with E-state index in [4.69, 9.17) is 9.29 Å². The number of nitrogens with one attached hydrogen (secondary N) is 2. The van der Waals surface area contributed by atoms with Gasteiger partial charge >= 0.3 is 6.03 Å². The fraction of sp³-hybridized carbons (Fsp3) is 0.300. The molecule has 1 aromatic carbocycles. The number of hydrogen-bond acceptors (Lipinski definition) is 4. The van der Waals surface area contributed by atoms with E-state index < -0.39 is 16.1 Å². The Kier molecular flexibility index (Phi) is 5.08. The summed E-state index contributed by atoms with van der Waals surface area (Å²) in [5.74, 6) is 0. The van der Waals surface area contributed by atoms with Crippen molar-refractivity contribution in [1.29, 1.82) is 0 Å². The molecule has 0 fully saturated rings. The van der Waals surface area contributed by atoms with E-state index in [1.807, 2.05) is 0 Å². The predicted octanol–water partition coefficient (Wildman–Crippen LogP) is 0.701. The first-order valence-corrected chi connectivity index (χ1v) is 6.49. The number of benzene rings is 1. The maximum Gasteiger partial charge on any atom is 0.319 e. The molecular weight excluding hydrogens is 260 g/mol. The Morgan fingerprint density at radius 2 is 2.17 bits per heavy atom. The van der Waals surface area contributed by atoms with E-state index in [9.17, 15) is 13.2 Å². The van der Waals surface area contributed by atoms with Crippen LogP contribution in [0, 0.1) is 0 Å². The van der Waals surface area contributed by atoms with E-state index in [1.165, 1.54) is 25.3 Å². The Morgan fingerprint density at radius 1 is 1.44 bits per heavy atom. The van der Waals surface area contributed by atoms with Crippen LogP contribution in [-0.4, -0.2) is 39.3 Å². The molecule has 0 aromatic heterocycles. The van der Waals surface area contributed by atoms with Crippen molar-refractivity contribution in [3.8, 4) is 0 Å². The largest absolute Gasteiger partial charge is 0.383 e. The maximum absolute atomic E-state index is 11.4. The molecule has 0 saturated heterocycles.